The van der Waals surface area contributed by atoms with E-state index in [1.165, 1.54) is 0 Å². The van der Waals surface area contributed by atoms with Gasteiger partial charge in [0.2, 0.25) is 5.71 Å². The molecule has 3 heterocycles. The Morgan fingerprint density at radius 1 is 1.00 bits per heavy atom. The summed E-state index contributed by atoms with van der Waals surface area (Å²) < 4.78 is 34.7. The summed E-state index contributed by atoms with van der Waals surface area (Å²) in [6.45, 7) is 8.10. The third-order valence-corrected chi connectivity index (χ3v) is 4.95. The lowest BCUT2D eigenvalue weighted by Gasteiger charge is -2.24. The summed E-state index contributed by atoms with van der Waals surface area (Å²) in [5, 5.41) is 1.63. The van der Waals surface area contributed by atoms with Crippen molar-refractivity contribution in [1.82, 2.24) is 4.98 Å². The Balaban J connectivity index is 1.71. The number of fused-ring (bicyclic) bond motifs is 2. The number of ether oxygens (including phenoxy) is 5. The van der Waals surface area contributed by atoms with Crippen LogP contribution in [0.4, 0.5) is 0 Å². The highest BCUT2D eigenvalue weighted by atomic mass is 16.8. The summed E-state index contributed by atoms with van der Waals surface area (Å²) in [4.78, 5) is 4.60. The molecule has 7 nitrogen and oxygen atoms in total. The number of benzene rings is 1. The molecule has 150 valence electrons. The maximum absolute atomic E-state index is 6.07. The fourth-order valence-electron chi connectivity index (χ4n) is 3.79. The van der Waals surface area contributed by atoms with Gasteiger partial charge in [0, 0.05) is 5.39 Å². The molecular weight excluding hydrogens is 362 g/mol. The maximum Gasteiger partial charge on any atom is 0.230 e. The number of nitrogens with zero attached hydrogens (tertiary/aromatic N) is 1. The first-order valence-corrected chi connectivity index (χ1v) is 9.18. The van der Waals surface area contributed by atoms with E-state index in [0.717, 1.165) is 10.8 Å². The first kappa shape index (κ1) is 18.8. The molecule has 0 aliphatic carbocycles. The fourth-order valence-corrected chi connectivity index (χ4v) is 3.79. The maximum atomic E-state index is 6.07. The lowest BCUT2D eigenvalue weighted by Crippen LogP contribution is -2.37. The molecule has 7 heteroatoms. The lowest BCUT2D eigenvalue weighted by atomic mass is 10.0. The Morgan fingerprint density at radius 3 is 2.39 bits per heavy atom. The molecular formula is C21H25NO6. The highest BCUT2D eigenvalue weighted by Gasteiger charge is 2.47. The molecule has 4 rings (SSSR count). The summed E-state index contributed by atoms with van der Waals surface area (Å²) in [5.41, 5.74) is 0.632. The monoisotopic (exact) mass is 387 g/mol. The van der Waals surface area contributed by atoms with E-state index in [2.05, 4.69) is 4.98 Å². The van der Waals surface area contributed by atoms with Crippen LogP contribution in [0.25, 0.3) is 22.0 Å². The third-order valence-electron chi connectivity index (χ3n) is 4.95. The van der Waals surface area contributed by atoms with Crippen molar-refractivity contribution in [3.05, 3.63) is 24.5 Å². The Morgan fingerprint density at radius 2 is 1.75 bits per heavy atom. The van der Waals surface area contributed by atoms with E-state index in [4.69, 9.17) is 28.1 Å². The van der Waals surface area contributed by atoms with Gasteiger partial charge in [-0.1, -0.05) is 0 Å². The van der Waals surface area contributed by atoms with Gasteiger partial charge in [-0.2, -0.15) is 0 Å². The van der Waals surface area contributed by atoms with Gasteiger partial charge in [-0.25, -0.2) is 4.98 Å². The zero-order valence-corrected chi connectivity index (χ0v) is 17.0. The number of pyridine rings is 1. The molecule has 1 unspecified atom stereocenters. The van der Waals surface area contributed by atoms with Crippen LogP contribution in [0.3, 0.4) is 0 Å². The van der Waals surface area contributed by atoms with E-state index >= 15 is 0 Å². The molecule has 0 bridgehead atoms. The van der Waals surface area contributed by atoms with Gasteiger partial charge in [0.1, 0.15) is 24.0 Å². The number of rotatable bonds is 5. The molecule has 1 aliphatic heterocycles. The molecule has 0 N–H and O–H groups in total. The summed E-state index contributed by atoms with van der Waals surface area (Å²) in [6.07, 6.45) is 1.36. The number of furan rings is 1. The second-order valence-electron chi connectivity index (χ2n) is 7.80. The molecule has 1 aromatic carbocycles. The van der Waals surface area contributed by atoms with E-state index in [1.807, 2.05) is 45.9 Å². The first-order chi connectivity index (χ1) is 13.3. The van der Waals surface area contributed by atoms with Crippen LogP contribution >= 0.6 is 0 Å². The van der Waals surface area contributed by atoms with E-state index in [9.17, 15) is 0 Å². The lowest BCUT2D eigenvalue weighted by molar-refractivity contribution is -0.158. The summed E-state index contributed by atoms with van der Waals surface area (Å²) in [7, 11) is 3.21. The van der Waals surface area contributed by atoms with Gasteiger partial charge in [0.25, 0.3) is 0 Å². The van der Waals surface area contributed by atoms with Crippen molar-refractivity contribution in [2.75, 3.05) is 20.8 Å². The van der Waals surface area contributed by atoms with Crippen molar-refractivity contribution < 1.29 is 28.1 Å². The van der Waals surface area contributed by atoms with E-state index in [-0.39, 0.29) is 6.10 Å². The summed E-state index contributed by atoms with van der Waals surface area (Å²) in [6, 6.07) is 5.59. The highest BCUT2D eigenvalue weighted by Crippen LogP contribution is 2.42. The van der Waals surface area contributed by atoms with Crippen molar-refractivity contribution in [1.29, 1.82) is 0 Å². The van der Waals surface area contributed by atoms with Gasteiger partial charge >= 0.3 is 0 Å². The minimum Gasteiger partial charge on any atom is -0.495 e. The average molecular weight is 387 g/mol. The number of aromatic nitrogens is 1. The summed E-state index contributed by atoms with van der Waals surface area (Å²) in [5.74, 6) is 1.13. The Hall–Kier alpha value is -2.51. The van der Waals surface area contributed by atoms with Crippen molar-refractivity contribution in [2.45, 2.75) is 45.2 Å². The molecule has 1 fully saturated rings. The smallest absolute Gasteiger partial charge is 0.230 e. The largest absolute Gasteiger partial charge is 0.495 e. The fraction of sp³-hybridized carbons (Fsp3) is 0.476. The van der Waals surface area contributed by atoms with Crippen LogP contribution in [0.1, 0.15) is 27.7 Å². The van der Waals surface area contributed by atoms with Crippen LogP contribution in [-0.4, -0.2) is 43.3 Å². The molecule has 2 aromatic heterocycles. The molecule has 0 radical (unpaired) electrons. The van der Waals surface area contributed by atoms with Gasteiger partial charge in [-0.3, -0.25) is 0 Å². The molecule has 1 atom stereocenters. The number of hydrogen-bond acceptors (Lipinski definition) is 7. The van der Waals surface area contributed by atoms with Crippen LogP contribution in [0.15, 0.2) is 28.9 Å². The summed E-state index contributed by atoms with van der Waals surface area (Å²) >= 11 is 0. The molecule has 1 aliphatic rings. The highest BCUT2D eigenvalue weighted by molar-refractivity contribution is 6.02. The standard InChI is InChI=1S/C21H25NO6/c1-20(2)15(27-21(3,4)28-20)11-26-14-8-7-12-16(18(14)24-6)22-19-13(9-10-25-19)17(12)23-5/h7-10,15H,11H2,1-6H3. The minimum atomic E-state index is -0.648. The second kappa shape index (κ2) is 6.53. The molecule has 0 amide bonds. The van der Waals surface area contributed by atoms with Crippen LogP contribution in [0, 0.1) is 0 Å². The van der Waals surface area contributed by atoms with Crippen molar-refractivity contribution >= 4 is 22.0 Å². The quantitative estimate of drug-likeness (QED) is 0.646. The second-order valence-corrected chi connectivity index (χ2v) is 7.80. The molecule has 28 heavy (non-hydrogen) atoms. The topological polar surface area (TPSA) is 72.2 Å². The van der Waals surface area contributed by atoms with Crippen molar-refractivity contribution in [3.63, 3.8) is 0 Å². The predicted molar refractivity (Wildman–Crippen MR) is 104 cm³/mol. The van der Waals surface area contributed by atoms with Gasteiger partial charge in [-0.05, 0) is 45.9 Å². The van der Waals surface area contributed by atoms with Gasteiger partial charge in [0.15, 0.2) is 17.3 Å². The van der Waals surface area contributed by atoms with Crippen LogP contribution in [0.5, 0.6) is 17.2 Å². The number of hydrogen-bond donors (Lipinski definition) is 0. The van der Waals surface area contributed by atoms with Crippen molar-refractivity contribution in [3.8, 4) is 17.2 Å². The van der Waals surface area contributed by atoms with Crippen LogP contribution in [0.2, 0.25) is 0 Å². The van der Waals surface area contributed by atoms with Crippen LogP contribution < -0.4 is 14.2 Å². The Labute approximate surface area is 163 Å². The van der Waals surface area contributed by atoms with E-state index < -0.39 is 11.4 Å². The minimum absolute atomic E-state index is 0.224. The Bertz CT molecular complexity index is 1020. The Kier molecular flexibility index (Phi) is 4.39. The number of methoxy groups -OCH3 is 2. The molecule has 0 saturated carbocycles. The molecule has 0 spiro atoms. The first-order valence-electron chi connectivity index (χ1n) is 9.18. The SMILES string of the molecule is COc1c2ccoc2nc2c(OC)c(OCC3OC(C)(C)OC3(C)C)ccc12. The zero-order chi connectivity index (χ0) is 20.1. The average Bonchev–Trinajstić information content (AvgIpc) is 3.17. The van der Waals surface area contributed by atoms with E-state index in [0.29, 0.717) is 35.1 Å². The van der Waals surface area contributed by atoms with Gasteiger partial charge in [-0.15, -0.1) is 0 Å². The molecule has 1 saturated heterocycles. The van der Waals surface area contributed by atoms with E-state index in [1.54, 1.807) is 20.5 Å². The third kappa shape index (κ3) is 3.04. The molecule has 3 aromatic rings. The van der Waals surface area contributed by atoms with Crippen molar-refractivity contribution in [2.24, 2.45) is 0 Å². The predicted octanol–water partition coefficient (Wildman–Crippen LogP) is 4.31. The van der Waals surface area contributed by atoms with Gasteiger partial charge in [0.05, 0.1) is 31.5 Å². The zero-order valence-electron chi connectivity index (χ0n) is 17.0. The van der Waals surface area contributed by atoms with Gasteiger partial charge < -0.3 is 28.1 Å². The normalized spacial score (nSPS) is 20.6. The van der Waals surface area contributed by atoms with Crippen LogP contribution in [-0.2, 0) is 9.47 Å².